The molecule has 1 atom stereocenters. The maximum atomic E-state index is 13.2. The lowest BCUT2D eigenvalue weighted by Gasteiger charge is -2.11. The third-order valence-corrected chi connectivity index (χ3v) is 2.56. The zero-order valence-electron chi connectivity index (χ0n) is 9.54. The number of halogens is 2. The lowest BCUT2D eigenvalue weighted by molar-refractivity contribution is -0.141. The Bertz CT molecular complexity index is 396. The number of carbonyl (C=O) groups is 1. The minimum atomic E-state index is -0.889. The summed E-state index contributed by atoms with van der Waals surface area (Å²) in [6.45, 7) is 2.12. The fourth-order valence-corrected chi connectivity index (χ4v) is 1.47. The van der Waals surface area contributed by atoms with Gasteiger partial charge in [-0.25, -0.2) is 8.78 Å². The SMILES string of the molecule is CCC(CNCc1cc(F)ccc1F)C(=O)O. The van der Waals surface area contributed by atoms with Crippen molar-refractivity contribution >= 4 is 5.97 Å². The monoisotopic (exact) mass is 243 g/mol. The average Bonchev–Trinajstić information content (AvgIpc) is 2.28. The molecule has 0 aliphatic rings. The highest BCUT2D eigenvalue weighted by molar-refractivity contribution is 5.70. The molecule has 1 unspecified atom stereocenters. The molecular weight excluding hydrogens is 228 g/mol. The lowest BCUT2D eigenvalue weighted by Crippen LogP contribution is -2.27. The first-order valence-corrected chi connectivity index (χ1v) is 5.42. The molecule has 1 aromatic carbocycles. The largest absolute Gasteiger partial charge is 0.481 e. The van der Waals surface area contributed by atoms with Crippen LogP contribution in [0.1, 0.15) is 18.9 Å². The van der Waals surface area contributed by atoms with Crippen LogP contribution in [0.3, 0.4) is 0 Å². The first-order chi connectivity index (χ1) is 8.04. The van der Waals surface area contributed by atoms with Crippen molar-refractivity contribution in [3.63, 3.8) is 0 Å². The fraction of sp³-hybridized carbons (Fsp3) is 0.417. The molecule has 0 fully saturated rings. The lowest BCUT2D eigenvalue weighted by atomic mass is 10.1. The van der Waals surface area contributed by atoms with Crippen LogP contribution in [0.4, 0.5) is 8.78 Å². The van der Waals surface area contributed by atoms with Crippen molar-refractivity contribution in [3.8, 4) is 0 Å². The Morgan fingerprint density at radius 3 is 2.76 bits per heavy atom. The molecule has 0 aliphatic carbocycles. The molecule has 1 aromatic rings. The average molecular weight is 243 g/mol. The van der Waals surface area contributed by atoms with Crippen molar-refractivity contribution in [1.29, 1.82) is 0 Å². The van der Waals surface area contributed by atoms with E-state index in [2.05, 4.69) is 5.32 Å². The Morgan fingerprint density at radius 1 is 1.47 bits per heavy atom. The number of hydrogen-bond acceptors (Lipinski definition) is 2. The minimum absolute atomic E-state index is 0.118. The highest BCUT2D eigenvalue weighted by Crippen LogP contribution is 2.09. The van der Waals surface area contributed by atoms with Crippen molar-refractivity contribution in [2.45, 2.75) is 19.9 Å². The van der Waals surface area contributed by atoms with Crippen LogP contribution in [-0.4, -0.2) is 17.6 Å². The molecule has 17 heavy (non-hydrogen) atoms. The van der Waals surface area contributed by atoms with Crippen LogP contribution < -0.4 is 5.32 Å². The van der Waals surface area contributed by atoms with E-state index in [0.29, 0.717) is 6.42 Å². The van der Waals surface area contributed by atoms with Gasteiger partial charge in [0.2, 0.25) is 0 Å². The number of aliphatic carboxylic acids is 1. The second-order valence-corrected chi connectivity index (χ2v) is 3.81. The molecule has 0 heterocycles. The summed E-state index contributed by atoms with van der Waals surface area (Å²) in [5, 5.41) is 11.6. The number of rotatable bonds is 6. The second-order valence-electron chi connectivity index (χ2n) is 3.81. The van der Waals surface area contributed by atoms with E-state index >= 15 is 0 Å². The van der Waals surface area contributed by atoms with E-state index in [1.165, 1.54) is 0 Å². The number of benzene rings is 1. The molecule has 3 nitrogen and oxygen atoms in total. The van der Waals surface area contributed by atoms with Gasteiger partial charge in [0, 0.05) is 18.7 Å². The van der Waals surface area contributed by atoms with Crippen LogP contribution in [0.2, 0.25) is 0 Å². The minimum Gasteiger partial charge on any atom is -0.481 e. The fourth-order valence-electron chi connectivity index (χ4n) is 1.47. The molecule has 0 bridgehead atoms. The van der Waals surface area contributed by atoms with Crippen LogP contribution in [0.25, 0.3) is 0 Å². The summed E-state index contributed by atoms with van der Waals surface area (Å²) in [6, 6.07) is 3.20. The van der Waals surface area contributed by atoms with Crippen LogP contribution in [0, 0.1) is 17.6 Å². The molecule has 0 aliphatic heterocycles. The van der Waals surface area contributed by atoms with Gasteiger partial charge in [0.05, 0.1) is 5.92 Å². The summed E-state index contributed by atoms with van der Waals surface area (Å²) in [6.07, 6.45) is 0.494. The van der Waals surface area contributed by atoms with Crippen molar-refractivity contribution in [2.75, 3.05) is 6.54 Å². The molecular formula is C12H15F2NO2. The summed E-state index contributed by atoms with van der Waals surface area (Å²) < 4.78 is 26.1. The summed E-state index contributed by atoms with van der Waals surface area (Å²) in [5.41, 5.74) is 0.199. The van der Waals surface area contributed by atoms with E-state index < -0.39 is 23.5 Å². The molecule has 0 aromatic heterocycles. The van der Waals surface area contributed by atoms with E-state index in [1.54, 1.807) is 6.92 Å². The Hall–Kier alpha value is -1.49. The topological polar surface area (TPSA) is 49.3 Å². The highest BCUT2D eigenvalue weighted by Gasteiger charge is 2.14. The third-order valence-electron chi connectivity index (χ3n) is 2.56. The van der Waals surface area contributed by atoms with Gasteiger partial charge in [-0.2, -0.15) is 0 Å². The smallest absolute Gasteiger partial charge is 0.307 e. The predicted octanol–water partition coefficient (Wildman–Crippen LogP) is 2.17. The van der Waals surface area contributed by atoms with Crippen LogP contribution in [-0.2, 0) is 11.3 Å². The van der Waals surface area contributed by atoms with E-state index in [1.807, 2.05) is 0 Å². The maximum absolute atomic E-state index is 13.2. The number of nitrogens with one attached hydrogen (secondary N) is 1. The molecule has 0 saturated heterocycles. The van der Waals surface area contributed by atoms with Crippen molar-refractivity contribution < 1.29 is 18.7 Å². The standard InChI is InChI=1S/C12H15F2NO2/c1-2-8(12(16)17)6-15-7-9-5-10(13)3-4-11(9)14/h3-5,8,15H,2,6-7H2,1H3,(H,16,17). The maximum Gasteiger partial charge on any atom is 0.307 e. The van der Waals surface area contributed by atoms with E-state index in [0.717, 1.165) is 18.2 Å². The van der Waals surface area contributed by atoms with Gasteiger partial charge >= 0.3 is 5.97 Å². The van der Waals surface area contributed by atoms with Crippen LogP contribution in [0.15, 0.2) is 18.2 Å². The zero-order chi connectivity index (χ0) is 12.8. The molecule has 5 heteroatoms. The number of carboxylic acid groups (broad SMARTS) is 1. The Morgan fingerprint density at radius 2 is 2.18 bits per heavy atom. The van der Waals surface area contributed by atoms with E-state index in [4.69, 9.17) is 5.11 Å². The van der Waals surface area contributed by atoms with Gasteiger partial charge in [-0.3, -0.25) is 4.79 Å². The van der Waals surface area contributed by atoms with Crippen molar-refractivity contribution in [2.24, 2.45) is 5.92 Å². The Labute approximate surface area is 98.5 Å². The Balaban J connectivity index is 2.50. The van der Waals surface area contributed by atoms with Crippen molar-refractivity contribution in [3.05, 3.63) is 35.4 Å². The predicted molar refractivity (Wildman–Crippen MR) is 59.5 cm³/mol. The van der Waals surface area contributed by atoms with Gasteiger partial charge < -0.3 is 10.4 Å². The summed E-state index contributed by atoms with van der Waals surface area (Å²) in [4.78, 5) is 10.7. The number of hydrogen-bond donors (Lipinski definition) is 2. The van der Waals surface area contributed by atoms with Crippen molar-refractivity contribution in [1.82, 2.24) is 5.32 Å². The zero-order valence-corrected chi connectivity index (χ0v) is 9.54. The molecule has 0 spiro atoms. The van der Waals surface area contributed by atoms with Crippen LogP contribution >= 0.6 is 0 Å². The molecule has 0 radical (unpaired) electrons. The summed E-state index contributed by atoms with van der Waals surface area (Å²) in [5.74, 6) is -2.40. The molecule has 2 N–H and O–H groups in total. The summed E-state index contributed by atoms with van der Waals surface area (Å²) in [7, 11) is 0. The van der Waals surface area contributed by atoms with Gasteiger partial charge in [-0.05, 0) is 24.6 Å². The third kappa shape index (κ3) is 4.11. The highest BCUT2D eigenvalue weighted by atomic mass is 19.1. The van der Waals surface area contributed by atoms with Gasteiger partial charge in [-0.1, -0.05) is 6.92 Å². The van der Waals surface area contributed by atoms with Crippen LogP contribution in [0.5, 0.6) is 0 Å². The first kappa shape index (κ1) is 13.6. The summed E-state index contributed by atoms with van der Waals surface area (Å²) >= 11 is 0. The number of carboxylic acids is 1. The normalized spacial score (nSPS) is 12.4. The molecule has 0 saturated carbocycles. The van der Waals surface area contributed by atoms with Gasteiger partial charge in [0.25, 0.3) is 0 Å². The van der Waals surface area contributed by atoms with E-state index in [-0.39, 0.29) is 18.7 Å². The molecule has 94 valence electrons. The van der Waals surface area contributed by atoms with Gasteiger partial charge in [0.1, 0.15) is 11.6 Å². The molecule has 1 rings (SSSR count). The first-order valence-electron chi connectivity index (χ1n) is 5.42. The van der Waals surface area contributed by atoms with Gasteiger partial charge in [0.15, 0.2) is 0 Å². The van der Waals surface area contributed by atoms with Gasteiger partial charge in [-0.15, -0.1) is 0 Å². The quantitative estimate of drug-likeness (QED) is 0.805. The Kier molecular flexibility index (Phi) is 5.03. The molecule has 0 amide bonds. The second kappa shape index (κ2) is 6.30. The van der Waals surface area contributed by atoms with E-state index in [9.17, 15) is 13.6 Å².